The number of carbonyl (C=O) groups is 1. The Kier molecular flexibility index (Phi) is 6.29. The summed E-state index contributed by atoms with van der Waals surface area (Å²) >= 11 is 12.3. The zero-order valence-corrected chi connectivity index (χ0v) is 15.4. The summed E-state index contributed by atoms with van der Waals surface area (Å²) in [6.07, 6.45) is 4.69. The van der Waals surface area contributed by atoms with Crippen molar-refractivity contribution in [3.8, 4) is 0 Å². The van der Waals surface area contributed by atoms with Gasteiger partial charge in [0.2, 0.25) is 0 Å². The van der Waals surface area contributed by atoms with E-state index in [1.807, 2.05) is 23.1 Å². The lowest BCUT2D eigenvalue weighted by Crippen LogP contribution is -2.40. The summed E-state index contributed by atoms with van der Waals surface area (Å²) in [4.78, 5) is 19.5. The zero-order chi connectivity index (χ0) is 17.6. The molecule has 0 saturated carbocycles. The summed E-state index contributed by atoms with van der Waals surface area (Å²) in [5.74, 6) is -0.0702. The Morgan fingerprint density at radius 1 is 1.20 bits per heavy atom. The van der Waals surface area contributed by atoms with E-state index in [0.717, 1.165) is 38.0 Å². The predicted octanol–water partition coefficient (Wildman–Crippen LogP) is 4.17. The predicted molar refractivity (Wildman–Crippen MR) is 101 cm³/mol. The highest BCUT2D eigenvalue weighted by Crippen LogP contribution is 2.25. The van der Waals surface area contributed by atoms with E-state index in [1.165, 1.54) is 0 Å². The van der Waals surface area contributed by atoms with Crippen LogP contribution in [0.3, 0.4) is 0 Å². The first kappa shape index (κ1) is 18.2. The molecule has 2 aromatic rings. The molecule has 1 atom stereocenters. The first-order valence-electron chi connectivity index (χ1n) is 8.52. The lowest BCUT2D eigenvalue weighted by Gasteiger charge is -2.31. The number of rotatable bonds is 4. The standard InChI is InChI=1S/C19H21Cl2N3O/c20-14-6-7-17(18(21)12-14)19(25)24(13-15-4-1-2-10-23-15)16-5-3-9-22-11-8-16/h1-2,4,6-7,10,12,16,22H,3,5,8-9,11,13H2. The molecule has 1 unspecified atom stereocenters. The lowest BCUT2D eigenvalue weighted by atomic mass is 10.0. The highest BCUT2D eigenvalue weighted by atomic mass is 35.5. The molecule has 25 heavy (non-hydrogen) atoms. The summed E-state index contributed by atoms with van der Waals surface area (Å²) in [6.45, 7) is 2.37. The summed E-state index contributed by atoms with van der Waals surface area (Å²) in [5, 5.41) is 4.31. The molecule has 1 N–H and O–H groups in total. The smallest absolute Gasteiger partial charge is 0.255 e. The Labute approximate surface area is 158 Å². The van der Waals surface area contributed by atoms with Crippen LogP contribution in [0.5, 0.6) is 0 Å². The monoisotopic (exact) mass is 377 g/mol. The Hall–Kier alpha value is -1.62. The molecule has 1 aromatic heterocycles. The van der Waals surface area contributed by atoms with Crippen molar-refractivity contribution in [1.29, 1.82) is 0 Å². The second-order valence-corrected chi connectivity index (χ2v) is 7.06. The third-order valence-electron chi connectivity index (χ3n) is 4.47. The van der Waals surface area contributed by atoms with Gasteiger partial charge in [0.05, 0.1) is 22.8 Å². The van der Waals surface area contributed by atoms with Gasteiger partial charge in [-0.1, -0.05) is 29.3 Å². The molecule has 0 spiro atoms. The molecule has 132 valence electrons. The molecule has 0 radical (unpaired) electrons. The number of halogens is 2. The average molecular weight is 378 g/mol. The molecule has 0 aliphatic carbocycles. The van der Waals surface area contributed by atoms with E-state index < -0.39 is 0 Å². The molecule has 0 bridgehead atoms. The van der Waals surface area contributed by atoms with Gasteiger partial charge in [-0.3, -0.25) is 9.78 Å². The summed E-state index contributed by atoms with van der Waals surface area (Å²) in [7, 11) is 0. The molecule has 1 amide bonds. The van der Waals surface area contributed by atoms with Crippen LogP contribution in [0, 0.1) is 0 Å². The van der Waals surface area contributed by atoms with E-state index in [-0.39, 0.29) is 11.9 Å². The molecule has 1 aliphatic rings. The van der Waals surface area contributed by atoms with Crippen LogP contribution in [-0.4, -0.2) is 34.9 Å². The number of aromatic nitrogens is 1. The molecule has 1 aliphatic heterocycles. The molecule has 2 heterocycles. The van der Waals surface area contributed by atoms with Gasteiger partial charge >= 0.3 is 0 Å². The van der Waals surface area contributed by atoms with Crippen molar-refractivity contribution in [2.45, 2.75) is 31.8 Å². The normalized spacial score (nSPS) is 17.8. The number of nitrogens with one attached hydrogen (secondary N) is 1. The number of amides is 1. The van der Waals surface area contributed by atoms with Crippen LogP contribution in [0.1, 0.15) is 35.3 Å². The van der Waals surface area contributed by atoms with Crippen molar-refractivity contribution < 1.29 is 4.79 Å². The maximum Gasteiger partial charge on any atom is 0.255 e. The molecule has 1 fully saturated rings. The molecular formula is C19H21Cl2N3O. The number of nitrogens with zero attached hydrogens (tertiary/aromatic N) is 2. The minimum Gasteiger partial charge on any atom is -0.330 e. The second kappa shape index (κ2) is 8.65. The summed E-state index contributed by atoms with van der Waals surface area (Å²) < 4.78 is 0. The van der Waals surface area contributed by atoms with Gasteiger partial charge in [0.15, 0.2) is 0 Å². The van der Waals surface area contributed by atoms with Crippen LogP contribution >= 0.6 is 23.2 Å². The number of hydrogen-bond acceptors (Lipinski definition) is 3. The second-order valence-electron chi connectivity index (χ2n) is 6.21. The van der Waals surface area contributed by atoms with E-state index in [1.54, 1.807) is 24.4 Å². The fourth-order valence-electron chi connectivity index (χ4n) is 3.16. The third kappa shape index (κ3) is 4.72. The topological polar surface area (TPSA) is 45.2 Å². The van der Waals surface area contributed by atoms with Gasteiger partial charge in [-0.25, -0.2) is 0 Å². The van der Waals surface area contributed by atoms with Crippen molar-refractivity contribution in [3.63, 3.8) is 0 Å². The molecule has 1 saturated heterocycles. The van der Waals surface area contributed by atoms with E-state index in [2.05, 4.69) is 10.3 Å². The largest absolute Gasteiger partial charge is 0.330 e. The fraction of sp³-hybridized carbons (Fsp3) is 0.368. The Bertz CT molecular complexity index is 716. The van der Waals surface area contributed by atoms with Gasteiger partial charge in [0.25, 0.3) is 5.91 Å². The van der Waals surface area contributed by atoms with Gasteiger partial charge < -0.3 is 10.2 Å². The Morgan fingerprint density at radius 3 is 2.84 bits per heavy atom. The van der Waals surface area contributed by atoms with Gasteiger partial charge in [0.1, 0.15) is 0 Å². The first-order chi connectivity index (χ1) is 12.1. The van der Waals surface area contributed by atoms with Crippen LogP contribution in [0.4, 0.5) is 0 Å². The molecule has 6 heteroatoms. The Morgan fingerprint density at radius 2 is 2.08 bits per heavy atom. The Balaban J connectivity index is 1.90. The molecular weight excluding hydrogens is 357 g/mol. The van der Waals surface area contributed by atoms with Crippen LogP contribution in [-0.2, 0) is 6.54 Å². The third-order valence-corrected chi connectivity index (χ3v) is 5.01. The van der Waals surface area contributed by atoms with Crippen molar-refractivity contribution in [2.75, 3.05) is 13.1 Å². The van der Waals surface area contributed by atoms with E-state index in [0.29, 0.717) is 22.2 Å². The lowest BCUT2D eigenvalue weighted by molar-refractivity contribution is 0.0642. The average Bonchev–Trinajstić information content (AvgIpc) is 2.89. The van der Waals surface area contributed by atoms with Crippen molar-refractivity contribution >= 4 is 29.1 Å². The maximum absolute atomic E-state index is 13.2. The van der Waals surface area contributed by atoms with Gasteiger partial charge in [-0.05, 0) is 62.7 Å². The highest BCUT2D eigenvalue weighted by molar-refractivity contribution is 6.36. The number of benzene rings is 1. The number of hydrogen-bond donors (Lipinski definition) is 1. The highest BCUT2D eigenvalue weighted by Gasteiger charge is 2.27. The van der Waals surface area contributed by atoms with Crippen molar-refractivity contribution in [3.05, 3.63) is 63.9 Å². The number of pyridine rings is 1. The molecule has 3 rings (SSSR count). The van der Waals surface area contributed by atoms with Crippen LogP contribution in [0.2, 0.25) is 10.0 Å². The van der Waals surface area contributed by atoms with Gasteiger partial charge in [0, 0.05) is 17.3 Å². The summed E-state index contributed by atoms with van der Waals surface area (Å²) in [5.41, 5.74) is 1.36. The van der Waals surface area contributed by atoms with E-state index >= 15 is 0 Å². The van der Waals surface area contributed by atoms with Crippen LogP contribution in [0.25, 0.3) is 0 Å². The minimum absolute atomic E-state index is 0.0702. The van der Waals surface area contributed by atoms with Crippen molar-refractivity contribution in [1.82, 2.24) is 15.2 Å². The molecule has 1 aromatic carbocycles. The fourth-order valence-corrected chi connectivity index (χ4v) is 3.65. The minimum atomic E-state index is -0.0702. The van der Waals surface area contributed by atoms with E-state index in [9.17, 15) is 4.79 Å². The van der Waals surface area contributed by atoms with Gasteiger partial charge in [-0.15, -0.1) is 0 Å². The van der Waals surface area contributed by atoms with Crippen LogP contribution in [0.15, 0.2) is 42.6 Å². The van der Waals surface area contributed by atoms with Gasteiger partial charge in [-0.2, -0.15) is 0 Å². The van der Waals surface area contributed by atoms with E-state index in [4.69, 9.17) is 23.2 Å². The zero-order valence-electron chi connectivity index (χ0n) is 13.9. The van der Waals surface area contributed by atoms with Crippen LogP contribution < -0.4 is 5.32 Å². The number of carbonyl (C=O) groups excluding carboxylic acids is 1. The quantitative estimate of drug-likeness (QED) is 0.869. The van der Waals surface area contributed by atoms with Crippen molar-refractivity contribution in [2.24, 2.45) is 0 Å². The maximum atomic E-state index is 13.2. The first-order valence-corrected chi connectivity index (χ1v) is 9.27. The summed E-state index contributed by atoms with van der Waals surface area (Å²) in [6, 6.07) is 10.9. The SMILES string of the molecule is O=C(c1ccc(Cl)cc1Cl)N(Cc1ccccn1)C1CCCNCC1. The molecule has 4 nitrogen and oxygen atoms in total.